The van der Waals surface area contributed by atoms with Crippen LogP contribution in [-0.4, -0.2) is 40.5 Å². The van der Waals surface area contributed by atoms with Crippen molar-refractivity contribution >= 4 is 0 Å². The number of hydrogen-bond acceptors (Lipinski definition) is 8. The normalized spacial score (nSPS) is 15.2. The van der Waals surface area contributed by atoms with Crippen LogP contribution in [0, 0.1) is 0 Å². The van der Waals surface area contributed by atoms with Crippen LogP contribution in [-0.2, 0) is 17.9 Å². The highest BCUT2D eigenvalue weighted by Crippen LogP contribution is 2.34. The number of ether oxygens (including phenoxy) is 4. The molecule has 2 aromatic heterocycles. The fourth-order valence-corrected chi connectivity index (χ4v) is 3.85. The van der Waals surface area contributed by atoms with Crippen molar-refractivity contribution < 1.29 is 23.5 Å². The predicted molar refractivity (Wildman–Crippen MR) is 119 cm³/mol. The third-order valence-electron chi connectivity index (χ3n) is 5.57. The van der Waals surface area contributed by atoms with Gasteiger partial charge in [-0.15, -0.1) is 0 Å². The highest BCUT2D eigenvalue weighted by atomic mass is 16.5. The van der Waals surface area contributed by atoms with Gasteiger partial charge in [0.25, 0.3) is 5.89 Å². The summed E-state index contributed by atoms with van der Waals surface area (Å²) in [7, 11) is 3.26. The molecule has 1 aliphatic heterocycles. The van der Waals surface area contributed by atoms with Gasteiger partial charge in [0.15, 0.2) is 17.2 Å². The van der Waals surface area contributed by atoms with Crippen LogP contribution < -0.4 is 14.2 Å². The van der Waals surface area contributed by atoms with Crippen LogP contribution in [0.3, 0.4) is 0 Å². The second-order valence-corrected chi connectivity index (χ2v) is 7.49. The molecule has 0 saturated carbocycles. The smallest absolute Gasteiger partial charge is 0.278 e. The van der Waals surface area contributed by atoms with Crippen molar-refractivity contribution in [1.82, 2.24) is 19.7 Å². The van der Waals surface area contributed by atoms with Crippen LogP contribution in [0.5, 0.6) is 17.2 Å². The van der Waals surface area contributed by atoms with E-state index in [0.717, 1.165) is 22.6 Å². The van der Waals surface area contributed by atoms with E-state index in [1.54, 1.807) is 20.5 Å². The van der Waals surface area contributed by atoms with Crippen molar-refractivity contribution in [3.63, 3.8) is 0 Å². The number of benzene rings is 2. The largest absolute Gasteiger partial charge is 0.497 e. The van der Waals surface area contributed by atoms with Gasteiger partial charge in [0, 0.05) is 5.56 Å². The van der Waals surface area contributed by atoms with Crippen LogP contribution in [0.4, 0.5) is 0 Å². The molecular weight excluding hydrogens is 424 g/mol. The first-order chi connectivity index (χ1) is 16.2. The Morgan fingerprint density at radius 3 is 2.67 bits per heavy atom. The Hall–Kier alpha value is -3.85. The second kappa shape index (κ2) is 8.95. The SMILES string of the molecule is CCOc1cc(-c2noc(-c3ncn4c3COC(c3ccc(OC)cc3)C4)n2)ccc1OC. The van der Waals surface area contributed by atoms with Gasteiger partial charge in [0.1, 0.15) is 11.9 Å². The Balaban J connectivity index is 1.38. The van der Waals surface area contributed by atoms with E-state index in [0.29, 0.717) is 48.7 Å². The van der Waals surface area contributed by atoms with E-state index < -0.39 is 0 Å². The van der Waals surface area contributed by atoms with Crippen LogP contribution in [0.2, 0.25) is 0 Å². The highest BCUT2D eigenvalue weighted by molar-refractivity contribution is 5.63. The van der Waals surface area contributed by atoms with Crippen LogP contribution in [0.25, 0.3) is 23.0 Å². The maximum Gasteiger partial charge on any atom is 0.278 e. The van der Waals surface area contributed by atoms with Gasteiger partial charge in [-0.25, -0.2) is 4.98 Å². The molecule has 3 heterocycles. The molecule has 0 aliphatic carbocycles. The summed E-state index contributed by atoms with van der Waals surface area (Å²) in [6.45, 7) is 3.48. The minimum Gasteiger partial charge on any atom is -0.497 e. The Morgan fingerprint density at radius 2 is 1.91 bits per heavy atom. The Bertz CT molecular complexity index is 1250. The lowest BCUT2D eigenvalue weighted by molar-refractivity contribution is 0.00328. The summed E-state index contributed by atoms with van der Waals surface area (Å²) >= 11 is 0. The first-order valence-corrected chi connectivity index (χ1v) is 10.6. The Kier molecular flexibility index (Phi) is 5.70. The third-order valence-corrected chi connectivity index (χ3v) is 5.57. The topological polar surface area (TPSA) is 93.7 Å². The molecule has 170 valence electrons. The van der Waals surface area contributed by atoms with Crippen molar-refractivity contribution in [3.8, 4) is 40.2 Å². The molecule has 4 aromatic rings. The van der Waals surface area contributed by atoms with Crippen molar-refractivity contribution in [3.05, 3.63) is 60.0 Å². The lowest BCUT2D eigenvalue weighted by atomic mass is 10.1. The van der Waals surface area contributed by atoms with Gasteiger partial charge in [0.2, 0.25) is 5.82 Å². The maximum absolute atomic E-state index is 6.12. The Labute approximate surface area is 190 Å². The van der Waals surface area contributed by atoms with E-state index in [9.17, 15) is 0 Å². The number of aromatic nitrogens is 4. The first kappa shape index (κ1) is 21.0. The minimum atomic E-state index is -0.0695. The van der Waals surface area contributed by atoms with E-state index in [4.69, 9.17) is 23.5 Å². The molecule has 0 fully saturated rings. The Morgan fingerprint density at radius 1 is 1.06 bits per heavy atom. The van der Waals surface area contributed by atoms with Crippen LogP contribution in [0.1, 0.15) is 24.3 Å². The fourth-order valence-electron chi connectivity index (χ4n) is 3.85. The summed E-state index contributed by atoms with van der Waals surface area (Å²) in [4.78, 5) is 9.09. The molecule has 1 aliphatic rings. The minimum absolute atomic E-state index is 0.0695. The van der Waals surface area contributed by atoms with Crippen molar-refractivity contribution in [2.75, 3.05) is 20.8 Å². The van der Waals surface area contributed by atoms with Gasteiger partial charge in [-0.05, 0) is 42.8 Å². The van der Waals surface area contributed by atoms with E-state index in [1.807, 2.05) is 49.4 Å². The molecule has 0 saturated heterocycles. The average molecular weight is 448 g/mol. The molecule has 0 N–H and O–H groups in total. The van der Waals surface area contributed by atoms with Crippen molar-refractivity contribution in [2.45, 2.75) is 26.2 Å². The summed E-state index contributed by atoms with van der Waals surface area (Å²) in [6.07, 6.45) is 1.72. The van der Waals surface area contributed by atoms with Gasteiger partial charge in [-0.2, -0.15) is 4.98 Å². The maximum atomic E-state index is 6.12. The molecule has 5 rings (SSSR count). The zero-order valence-electron chi connectivity index (χ0n) is 18.6. The standard InChI is InChI=1S/C24H24N4O5/c1-4-31-20-11-16(7-10-19(20)30-3)23-26-24(33-27-23)22-18-13-32-21(12-28(18)14-25-22)15-5-8-17(29-2)9-6-15/h5-11,14,21H,4,12-13H2,1-3H3. The number of rotatable bonds is 7. The zero-order valence-corrected chi connectivity index (χ0v) is 18.6. The highest BCUT2D eigenvalue weighted by Gasteiger charge is 2.27. The van der Waals surface area contributed by atoms with E-state index in [2.05, 4.69) is 19.7 Å². The average Bonchev–Trinajstić information content (AvgIpc) is 3.51. The fraction of sp³-hybridized carbons (Fsp3) is 0.292. The summed E-state index contributed by atoms with van der Waals surface area (Å²) in [5, 5.41) is 4.14. The van der Waals surface area contributed by atoms with Crippen LogP contribution in [0.15, 0.2) is 53.3 Å². The van der Waals surface area contributed by atoms with E-state index >= 15 is 0 Å². The molecule has 1 atom stereocenters. The summed E-state index contributed by atoms with van der Waals surface area (Å²) < 4.78 is 30.0. The molecule has 9 nitrogen and oxygen atoms in total. The second-order valence-electron chi connectivity index (χ2n) is 7.49. The molecule has 0 bridgehead atoms. The molecule has 0 radical (unpaired) electrons. The summed E-state index contributed by atoms with van der Waals surface area (Å²) in [5.41, 5.74) is 3.37. The lowest BCUT2D eigenvalue weighted by Gasteiger charge is -2.25. The number of imidazole rings is 1. The number of hydrogen-bond donors (Lipinski definition) is 0. The molecule has 0 amide bonds. The van der Waals surface area contributed by atoms with Gasteiger partial charge in [0.05, 0.1) is 46.0 Å². The number of fused-ring (bicyclic) bond motifs is 1. The molecule has 0 spiro atoms. The summed E-state index contributed by atoms with van der Waals surface area (Å²) in [5.74, 6) is 2.89. The number of nitrogens with zero attached hydrogens (tertiary/aromatic N) is 4. The van der Waals surface area contributed by atoms with E-state index in [1.165, 1.54) is 0 Å². The molecule has 2 aromatic carbocycles. The predicted octanol–water partition coefficient (Wildman–Crippen LogP) is 4.29. The quantitative estimate of drug-likeness (QED) is 0.413. The third kappa shape index (κ3) is 4.03. The molecular formula is C24H24N4O5. The molecule has 1 unspecified atom stereocenters. The monoisotopic (exact) mass is 448 g/mol. The lowest BCUT2D eigenvalue weighted by Crippen LogP contribution is -2.20. The first-order valence-electron chi connectivity index (χ1n) is 10.6. The van der Waals surface area contributed by atoms with Crippen LogP contribution >= 0.6 is 0 Å². The van der Waals surface area contributed by atoms with Crippen molar-refractivity contribution in [2.24, 2.45) is 0 Å². The molecule has 9 heteroatoms. The zero-order chi connectivity index (χ0) is 22.8. The van der Waals surface area contributed by atoms with Gasteiger partial charge >= 0.3 is 0 Å². The van der Waals surface area contributed by atoms with Gasteiger partial charge in [-0.3, -0.25) is 0 Å². The van der Waals surface area contributed by atoms with E-state index in [-0.39, 0.29) is 6.10 Å². The van der Waals surface area contributed by atoms with Crippen molar-refractivity contribution in [1.29, 1.82) is 0 Å². The molecule has 33 heavy (non-hydrogen) atoms. The summed E-state index contributed by atoms with van der Waals surface area (Å²) in [6, 6.07) is 13.4. The number of methoxy groups -OCH3 is 2. The van der Waals surface area contributed by atoms with Gasteiger partial charge in [-0.1, -0.05) is 17.3 Å². The van der Waals surface area contributed by atoms with Gasteiger partial charge < -0.3 is 28.0 Å².